The fourth-order valence-electron chi connectivity index (χ4n) is 3.14. The van der Waals surface area contributed by atoms with Crippen LogP contribution in [0.5, 0.6) is 5.75 Å². The summed E-state index contributed by atoms with van der Waals surface area (Å²) in [7, 11) is 1.49. The number of rotatable bonds is 2. The van der Waals surface area contributed by atoms with Crippen molar-refractivity contribution in [2.24, 2.45) is 0 Å². The molecule has 0 saturated heterocycles. The van der Waals surface area contributed by atoms with Crippen molar-refractivity contribution in [3.05, 3.63) is 53.5 Å². The molecule has 2 heterocycles. The minimum absolute atomic E-state index is 0.133. The molecule has 6 heteroatoms. The fourth-order valence-corrected chi connectivity index (χ4v) is 3.14. The van der Waals surface area contributed by atoms with E-state index in [-0.39, 0.29) is 24.1 Å². The van der Waals surface area contributed by atoms with Crippen molar-refractivity contribution in [1.82, 2.24) is 10.2 Å². The summed E-state index contributed by atoms with van der Waals surface area (Å²) < 4.78 is 19.5. The Labute approximate surface area is 131 Å². The van der Waals surface area contributed by atoms with Gasteiger partial charge in [-0.2, -0.15) is 5.10 Å². The highest BCUT2D eigenvalue weighted by molar-refractivity contribution is 6.05. The maximum Gasteiger partial charge on any atom is 0.225 e. The molecule has 1 amide bonds. The number of amides is 1. The summed E-state index contributed by atoms with van der Waals surface area (Å²) in [5.74, 6) is -0.380. The van der Waals surface area contributed by atoms with Gasteiger partial charge in [0, 0.05) is 23.8 Å². The molecule has 3 aromatic rings. The van der Waals surface area contributed by atoms with Crippen LogP contribution in [0.15, 0.2) is 36.5 Å². The van der Waals surface area contributed by atoms with Gasteiger partial charge in [0.05, 0.1) is 24.5 Å². The Hall–Kier alpha value is -2.89. The van der Waals surface area contributed by atoms with E-state index in [1.54, 1.807) is 18.3 Å². The number of carbonyl (C=O) groups is 1. The first-order chi connectivity index (χ1) is 11.2. The molecule has 0 fully saturated rings. The number of halogens is 1. The van der Waals surface area contributed by atoms with Crippen molar-refractivity contribution in [1.29, 1.82) is 0 Å². The van der Waals surface area contributed by atoms with Gasteiger partial charge in [-0.1, -0.05) is 12.1 Å². The normalized spacial score (nSPS) is 17.0. The predicted molar refractivity (Wildman–Crippen MR) is 84.1 cm³/mol. The molecule has 2 aromatic carbocycles. The summed E-state index contributed by atoms with van der Waals surface area (Å²) in [5, 5.41) is 10.6. The molecule has 1 aliphatic heterocycles. The molecule has 0 saturated carbocycles. The van der Waals surface area contributed by atoms with Gasteiger partial charge < -0.3 is 10.1 Å². The molecule has 0 spiro atoms. The van der Waals surface area contributed by atoms with E-state index in [2.05, 4.69) is 15.5 Å². The van der Waals surface area contributed by atoms with E-state index in [9.17, 15) is 9.18 Å². The van der Waals surface area contributed by atoms with Gasteiger partial charge in [0.1, 0.15) is 11.6 Å². The Bertz CT molecular complexity index is 919. The minimum Gasteiger partial charge on any atom is -0.497 e. The minimum atomic E-state index is -0.373. The van der Waals surface area contributed by atoms with Crippen molar-refractivity contribution in [2.45, 2.75) is 12.3 Å². The number of ether oxygens (including phenoxy) is 1. The Kier molecular flexibility index (Phi) is 3.04. The molecule has 23 heavy (non-hydrogen) atoms. The summed E-state index contributed by atoms with van der Waals surface area (Å²) in [6, 6.07) is 8.54. The molecule has 116 valence electrons. The van der Waals surface area contributed by atoms with Crippen molar-refractivity contribution in [2.75, 3.05) is 12.4 Å². The highest BCUT2D eigenvalue weighted by Gasteiger charge is 2.30. The molecule has 2 N–H and O–H groups in total. The third-order valence-electron chi connectivity index (χ3n) is 4.27. The van der Waals surface area contributed by atoms with Gasteiger partial charge in [-0.3, -0.25) is 9.89 Å². The lowest BCUT2D eigenvalue weighted by atomic mass is 9.83. The van der Waals surface area contributed by atoms with E-state index in [0.717, 1.165) is 16.5 Å². The second kappa shape index (κ2) is 5.08. The van der Waals surface area contributed by atoms with Crippen LogP contribution in [-0.2, 0) is 4.79 Å². The van der Waals surface area contributed by atoms with Gasteiger partial charge in [-0.25, -0.2) is 4.39 Å². The lowest BCUT2D eigenvalue weighted by Gasteiger charge is -2.26. The van der Waals surface area contributed by atoms with Gasteiger partial charge in [-0.15, -0.1) is 0 Å². The fraction of sp³-hybridized carbons (Fsp3) is 0.176. The quantitative estimate of drug-likeness (QED) is 0.764. The third kappa shape index (κ3) is 2.14. The largest absolute Gasteiger partial charge is 0.497 e. The number of nitrogens with zero attached hydrogens (tertiary/aromatic N) is 1. The average Bonchev–Trinajstić information content (AvgIpc) is 3.03. The van der Waals surface area contributed by atoms with E-state index in [1.165, 1.54) is 13.2 Å². The molecule has 0 radical (unpaired) electrons. The molecule has 0 aliphatic carbocycles. The Morgan fingerprint density at radius 3 is 2.87 bits per heavy atom. The van der Waals surface area contributed by atoms with Crippen LogP contribution < -0.4 is 10.1 Å². The Morgan fingerprint density at radius 1 is 1.26 bits per heavy atom. The molecule has 1 aliphatic rings. The van der Waals surface area contributed by atoms with Gasteiger partial charge in [0.2, 0.25) is 5.91 Å². The van der Waals surface area contributed by atoms with E-state index < -0.39 is 0 Å². The van der Waals surface area contributed by atoms with Gasteiger partial charge >= 0.3 is 0 Å². The number of benzene rings is 2. The SMILES string of the molecule is COc1ccc(C2CC(=O)Nc3c2ccc2[nH]ncc32)c(F)c1. The number of carbonyl (C=O) groups excluding carboxylic acids is 1. The molecular weight excluding hydrogens is 297 g/mol. The highest BCUT2D eigenvalue weighted by atomic mass is 19.1. The van der Waals surface area contributed by atoms with Crippen LogP contribution >= 0.6 is 0 Å². The van der Waals surface area contributed by atoms with Gasteiger partial charge in [0.25, 0.3) is 0 Å². The zero-order chi connectivity index (χ0) is 16.0. The smallest absolute Gasteiger partial charge is 0.225 e. The Morgan fingerprint density at radius 2 is 2.09 bits per heavy atom. The first kappa shape index (κ1) is 13.8. The number of nitrogens with one attached hydrogen (secondary N) is 2. The molecular formula is C17H14FN3O2. The maximum absolute atomic E-state index is 14.5. The monoisotopic (exact) mass is 311 g/mol. The highest BCUT2D eigenvalue weighted by Crippen LogP contribution is 2.41. The van der Waals surface area contributed by atoms with Crippen molar-refractivity contribution < 1.29 is 13.9 Å². The van der Waals surface area contributed by atoms with Crippen LogP contribution in [0.2, 0.25) is 0 Å². The van der Waals surface area contributed by atoms with Crippen LogP contribution in [0, 0.1) is 5.82 Å². The van der Waals surface area contributed by atoms with Crippen LogP contribution in [-0.4, -0.2) is 23.2 Å². The molecule has 1 aromatic heterocycles. The van der Waals surface area contributed by atoms with Gasteiger partial charge in [0.15, 0.2) is 0 Å². The van der Waals surface area contributed by atoms with Crippen LogP contribution in [0.4, 0.5) is 10.1 Å². The number of H-pyrrole nitrogens is 1. The maximum atomic E-state index is 14.5. The van der Waals surface area contributed by atoms with Crippen molar-refractivity contribution >= 4 is 22.5 Å². The van der Waals surface area contributed by atoms with Crippen molar-refractivity contribution in [3.8, 4) is 5.75 Å². The first-order valence-corrected chi connectivity index (χ1v) is 7.26. The zero-order valence-electron chi connectivity index (χ0n) is 12.4. The summed E-state index contributed by atoms with van der Waals surface area (Å²) in [4.78, 5) is 12.1. The number of hydrogen-bond donors (Lipinski definition) is 2. The summed E-state index contributed by atoms with van der Waals surface area (Å²) in [5.41, 5.74) is 2.92. The van der Waals surface area contributed by atoms with Crippen molar-refractivity contribution in [3.63, 3.8) is 0 Å². The molecule has 4 rings (SSSR count). The predicted octanol–water partition coefficient (Wildman–Crippen LogP) is 3.18. The Balaban J connectivity index is 1.89. The second-order valence-electron chi connectivity index (χ2n) is 5.55. The lowest BCUT2D eigenvalue weighted by Crippen LogP contribution is -2.24. The first-order valence-electron chi connectivity index (χ1n) is 7.26. The van der Waals surface area contributed by atoms with Gasteiger partial charge in [-0.05, 0) is 23.3 Å². The lowest BCUT2D eigenvalue weighted by molar-refractivity contribution is -0.116. The summed E-state index contributed by atoms with van der Waals surface area (Å²) in [6.07, 6.45) is 1.88. The number of hydrogen-bond acceptors (Lipinski definition) is 3. The molecule has 0 bridgehead atoms. The molecule has 5 nitrogen and oxygen atoms in total. The molecule has 1 atom stereocenters. The standard InChI is InChI=1S/C17H14FN3O2/c1-23-9-2-3-10(14(18)6-9)12-7-16(22)20-17-11(12)4-5-15-13(17)8-19-21-15/h2-6,8,12H,7H2,1H3,(H,19,21)(H,20,22). The zero-order valence-corrected chi connectivity index (χ0v) is 12.4. The number of aromatic nitrogens is 2. The summed E-state index contributed by atoms with van der Waals surface area (Å²) >= 11 is 0. The van der Waals surface area contributed by atoms with Crippen LogP contribution in [0.3, 0.4) is 0 Å². The topological polar surface area (TPSA) is 67.0 Å². The summed E-state index contributed by atoms with van der Waals surface area (Å²) in [6.45, 7) is 0. The number of aromatic amines is 1. The second-order valence-corrected chi connectivity index (χ2v) is 5.55. The van der Waals surface area contributed by atoms with E-state index in [1.807, 2.05) is 12.1 Å². The number of anilines is 1. The molecule has 1 unspecified atom stereocenters. The number of fused-ring (bicyclic) bond motifs is 3. The van der Waals surface area contributed by atoms with E-state index in [0.29, 0.717) is 17.0 Å². The van der Waals surface area contributed by atoms with E-state index >= 15 is 0 Å². The van der Waals surface area contributed by atoms with Crippen LogP contribution in [0.25, 0.3) is 10.9 Å². The van der Waals surface area contributed by atoms with E-state index in [4.69, 9.17) is 4.74 Å². The third-order valence-corrected chi connectivity index (χ3v) is 4.27. The number of methoxy groups -OCH3 is 1. The average molecular weight is 311 g/mol. The van der Waals surface area contributed by atoms with Crippen LogP contribution in [0.1, 0.15) is 23.5 Å².